The normalized spacial score (nSPS) is 24.2. The van der Waals surface area contributed by atoms with Gasteiger partial charge >= 0.3 is 5.97 Å². The van der Waals surface area contributed by atoms with Crippen molar-refractivity contribution in [3.8, 4) is 0 Å². The lowest BCUT2D eigenvalue weighted by atomic mass is 10.0. The number of nitrogens with zero attached hydrogens (tertiary/aromatic N) is 1. The highest BCUT2D eigenvalue weighted by molar-refractivity contribution is 5.92. The number of benzene rings is 1. The van der Waals surface area contributed by atoms with Crippen LogP contribution in [0.3, 0.4) is 0 Å². The van der Waals surface area contributed by atoms with Gasteiger partial charge in [0.2, 0.25) is 0 Å². The van der Waals surface area contributed by atoms with E-state index in [1.54, 1.807) is 11.8 Å². The third kappa shape index (κ3) is 3.15. The topological polar surface area (TPSA) is 46.6 Å². The molecule has 0 saturated carbocycles. The molecule has 1 saturated heterocycles. The van der Waals surface area contributed by atoms with Gasteiger partial charge in [0.1, 0.15) is 6.04 Å². The van der Waals surface area contributed by atoms with Gasteiger partial charge in [0.15, 0.2) is 6.10 Å². The van der Waals surface area contributed by atoms with Crippen molar-refractivity contribution >= 4 is 11.9 Å². The van der Waals surface area contributed by atoms with Crippen molar-refractivity contribution in [2.45, 2.75) is 45.4 Å². The summed E-state index contributed by atoms with van der Waals surface area (Å²) in [6.45, 7) is 5.46. The number of ether oxygens (including phenoxy) is 1. The Kier molecular flexibility index (Phi) is 4.78. The molecule has 3 atom stereocenters. The van der Waals surface area contributed by atoms with E-state index in [1.807, 2.05) is 56.3 Å². The first kappa shape index (κ1) is 15.3. The van der Waals surface area contributed by atoms with Crippen molar-refractivity contribution in [3.63, 3.8) is 0 Å². The van der Waals surface area contributed by atoms with Gasteiger partial charge < -0.3 is 9.64 Å². The molecule has 1 aromatic carbocycles. The predicted octanol–water partition coefficient (Wildman–Crippen LogP) is 2.86. The van der Waals surface area contributed by atoms with Crippen LogP contribution in [-0.2, 0) is 14.3 Å². The van der Waals surface area contributed by atoms with E-state index in [2.05, 4.69) is 0 Å². The fraction of sp³-hybridized carbons (Fsp3) is 0.412. The fourth-order valence-electron chi connectivity index (χ4n) is 2.61. The van der Waals surface area contributed by atoms with E-state index in [1.165, 1.54) is 0 Å². The number of amides is 1. The molecule has 1 aromatic rings. The van der Waals surface area contributed by atoms with Gasteiger partial charge in [-0.2, -0.15) is 0 Å². The molecular weight excluding hydrogens is 266 g/mol. The summed E-state index contributed by atoms with van der Waals surface area (Å²) >= 11 is 0. The molecule has 0 aromatic heterocycles. The molecule has 2 rings (SSSR count). The third-order valence-corrected chi connectivity index (χ3v) is 3.80. The van der Waals surface area contributed by atoms with Crippen LogP contribution in [-0.4, -0.2) is 28.9 Å². The Bertz CT molecular complexity index is 538. The molecule has 1 fully saturated rings. The molecule has 4 heteroatoms. The molecule has 0 radical (unpaired) electrons. The average molecular weight is 287 g/mol. The minimum absolute atomic E-state index is 0.138. The van der Waals surface area contributed by atoms with E-state index in [0.29, 0.717) is 6.42 Å². The summed E-state index contributed by atoms with van der Waals surface area (Å²) in [6, 6.07) is 9.02. The molecule has 1 amide bonds. The minimum Gasteiger partial charge on any atom is -0.451 e. The zero-order valence-electron chi connectivity index (χ0n) is 12.7. The number of carbonyl (C=O) groups is 2. The van der Waals surface area contributed by atoms with E-state index in [4.69, 9.17) is 4.74 Å². The van der Waals surface area contributed by atoms with Crippen LogP contribution in [0.4, 0.5) is 0 Å². The molecular formula is C17H21NO3. The van der Waals surface area contributed by atoms with Crippen molar-refractivity contribution in [1.82, 2.24) is 4.90 Å². The lowest BCUT2D eigenvalue weighted by Crippen LogP contribution is -2.56. The van der Waals surface area contributed by atoms with E-state index in [-0.39, 0.29) is 17.9 Å². The number of morpholine rings is 1. The maximum absolute atomic E-state index is 12.5. The van der Waals surface area contributed by atoms with Crippen molar-refractivity contribution in [2.24, 2.45) is 0 Å². The van der Waals surface area contributed by atoms with Crippen LogP contribution in [0.1, 0.15) is 38.8 Å². The fourth-order valence-corrected chi connectivity index (χ4v) is 2.61. The summed E-state index contributed by atoms with van der Waals surface area (Å²) in [5, 5.41) is 0. The number of carbonyl (C=O) groups excluding carboxylic acids is 2. The summed E-state index contributed by atoms with van der Waals surface area (Å²) in [7, 11) is 0. The number of esters is 1. The molecule has 0 N–H and O–H groups in total. The second-order valence-corrected chi connectivity index (χ2v) is 5.23. The molecule has 112 valence electrons. The van der Waals surface area contributed by atoms with Gasteiger partial charge in [-0.15, -0.1) is 0 Å². The Labute approximate surface area is 125 Å². The van der Waals surface area contributed by atoms with E-state index in [9.17, 15) is 9.59 Å². The summed E-state index contributed by atoms with van der Waals surface area (Å²) in [5.74, 6) is -0.469. The lowest BCUT2D eigenvalue weighted by molar-refractivity contribution is -0.179. The van der Waals surface area contributed by atoms with Gasteiger partial charge in [-0.25, -0.2) is 4.79 Å². The highest BCUT2D eigenvalue weighted by atomic mass is 16.6. The van der Waals surface area contributed by atoms with Crippen LogP contribution in [0.2, 0.25) is 0 Å². The van der Waals surface area contributed by atoms with E-state index >= 15 is 0 Å². The standard InChI is InChI=1S/C17H21NO3/c1-4-5-11-15-17(20)21-13(3)16(19)18(15)12(2)14-9-7-6-8-10-14/h4-10,12-13,15H,11H2,1-3H3/b5-4+/t12-,13+,15-/m0/s1. The van der Waals surface area contributed by atoms with Crippen molar-refractivity contribution < 1.29 is 14.3 Å². The van der Waals surface area contributed by atoms with Crippen LogP contribution in [0.25, 0.3) is 0 Å². The van der Waals surface area contributed by atoms with Crippen molar-refractivity contribution in [3.05, 3.63) is 48.0 Å². The van der Waals surface area contributed by atoms with Gasteiger partial charge in [0.25, 0.3) is 5.91 Å². The quantitative estimate of drug-likeness (QED) is 0.632. The van der Waals surface area contributed by atoms with Crippen LogP contribution < -0.4 is 0 Å². The van der Waals surface area contributed by atoms with Crippen LogP contribution >= 0.6 is 0 Å². The Morgan fingerprint density at radius 2 is 1.95 bits per heavy atom. The highest BCUT2D eigenvalue weighted by Gasteiger charge is 2.42. The number of rotatable bonds is 4. The second kappa shape index (κ2) is 6.57. The number of hydrogen-bond donors (Lipinski definition) is 0. The van der Waals surface area contributed by atoms with Gasteiger partial charge in [0.05, 0.1) is 6.04 Å². The smallest absolute Gasteiger partial charge is 0.329 e. The van der Waals surface area contributed by atoms with E-state index < -0.39 is 12.1 Å². The van der Waals surface area contributed by atoms with Gasteiger partial charge in [-0.1, -0.05) is 42.5 Å². The third-order valence-electron chi connectivity index (χ3n) is 3.80. The SMILES string of the molecule is C/C=C/C[C@H]1C(=O)O[C@H](C)C(=O)N1[C@@H](C)c1ccccc1. The van der Waals surface area contributed by atoms with Crippen molar-refractivity contribution in [2.75, 3.05) is 0 Å². The molecule has 4 nitrogen and oxygen atoms in total. The first-order chi connectivity index (χ1) is 10.1. The molecule has 0 spiro atoms. The van der Waals surface area contributed by atoms with Crippen LogP contribution in [0, 0.1) is 0 Å². The first-order valence-corrected chi connectivity index (χ1v) is 7.25. The van der Waals surface area contributed by atoms with Gasteiger partial charge in [-0.05, 0) is 32.8 Å². The summed E-state index contributed by atoms with van der Waals surface area (Å²) in [4.78, 5) is 26.3. The summed E-state index contributed by atoms with van der Waals surface area (Å²) in [5.41, 5.74) is 1.01. The molecule has 21 heavy (non-hydrogen) atoms. The molecule has 0 bridgehead atoms. The predicted molar refractivity (Wildman–Crippen MR) is 80.5 cm³/mol. The minimum atomic E-state index is -0.717. The molecule has 0 aliphatic carbocycles. The molecule has 1 aliphatic rings. The summed E-state index contributed by atoms with van der Waals surface area (Å²) in [6.07, 6.45) is 3.52. The van der Waals surface area contributed by atoms with Gasteiger partial charge in [0, 0.05) is 0 Å². The number of cyclic esters (lactones) is 1. The average Bonchev–Trinajstić information content (AvgIpc) is 2.49. The Balaban J connectivity index is 2.33. The number of allylic oxidation sites excluding steroid dienone is 1. The highest BCUT2D eigenvalue weighted by Crippen LogP contribution is 2.29. The zero-order chi connectivity index (χ0) is 15.4. The molecule has 1 heterocycles. The lowest BCUT2D eigenvalue weighted by Gasteiger charge is -2.40. The van der Waals surface area contributed by atoms with Crippen LogP contribution in [0.15, 0.2) is 42.5 Å². The van der Waals surface area contributed by atoms with Crippen molar-refractivity contribution in [1.29, 1.82) is 0 Å². The number of hydrogen-bond acceptors (Lipinski definition) is 3. The Hall–Kier alpha value is -2.10. The molecule has 0 unspecified atom stereocenters. The van der Waals surface area contributed by atoms with E-state index in [0.717, 1.165) is 5.56 Å². The van der Waals surface area contributed by atoms with Crippen LogP contribution in [0.5, 0.6) is 0 Å². The second-order valence-electron chi connectivity index (χ2n) is 5.23. The monoisotopic (exact) mass is 287 g/mol. The maximum Gasteiger partial charge on any atom is 0.329 e. The first-order valence-electron chi connectivity index (χ1n) is 7.25. The Morgan fingerprint density at radius 3 is 2.57 bits per heavy atom. The Morgan fingerprint density at radius 1 is 1.29 bits per heavy atom. The molecule has 1 aliphatic heterocycles. The largest absolute Gasteiger partial charge is 0.451 e. The summed E-state index contributed by atoms with van der Waals surface area (Å²) < 4.78 is 5.16. The maximum atomic E-state index is 12.5. The van der Waals surface area contributed by atoms with Gasteiger partial charge in [-0.3, -0.25) is 4.79 Å². The zero-order valence-corrected chi connectivity index (χ0v) is 12.7.